The minimum Gasteiger partial charge on any atom is -0.479 e. The summed E-state index contributed by atoms with van der Waals surface area (Å²) in [6.07, 6.45) is 1.03. The van der Waals surface area contributed by atoms with Gasteiger partial charge in [-0.05, 0) is 6.42 Å². The molecule has 2 N–H and O–H groups in total. The number of halogens is 1. The molecule has 0 spiro atoms. The first kappa shape index (κ1) is 13.0. The third-order valence-corrected chi connectivity index (χ3v) is 2.89. The average Bonchev–Trinajstić information content (AvgIpc) is 2.29. The molecule has 0 fully saturated rings. The van der Waals surface area contributed by atoms with Crippen LogP contribution in [0.2, 0.25) is 5.15 Å². The molecule has 0 radical (unpaired) electrons. The van der Waals surface area contributed by atoms with E-state index >= 15 is 0 Å². The number of hydrogen-bond donors (Lipinski definition) is 1. The Morgan fingerprint density at radius 2 is 2.25 bits per heavy atom. The van der Waals surface area contributed by atoms with Gasteiger partial charge in [-0.2, -0.15) is 4.98 Å². The quantitative estimate of drug-likeness (QED) is 0.220. The van der Waals surface area contributed by atoms with Crippen LogP contribution in [0.15, 0.2) is 15.5 Å². The van der Waals surface area contributed by atoms with Crippen molar-refractivity contribution in [2.24, 2.45) is 16.2 Å². The summed E-state index contributed by atoms with van der Waals surface area (Å²) in [5.41, 5.74) is 0.243. The molecule has 0 atom stereocenters. The van der Waals surface area contributed by atoms with Gasteiger partial charge < -0.3 is 10.6 Å². The van der Waals surface area contributed by atoms with Crippen LogP contribution in [-0.2, 0) is 0 Å². The number of nitrogens with zero attached hydrogens (tertiary/aromatic N) is 4. The number of hydrogen-bond acceptors (Lipinski definition) is 6. The number of ether oxygens (including phenoxy) is 1. The van der Waals surface area contributed by atoms with Crippen LogP contribution in [0.3, 0.4) is 0 Å². The van der Waals surface area contributed by atoms with Crippen LogP contribution in [0, 0.1) is 0 Å². The number of nitrogens with two attached hydrogens (primary N) is 1. The minimum atomic E-state index is 0.180. The third kappa shape index (κ3) is 3.21. The summed E-state index contributed by atoms with van der Waals surface area (Å²) < 4.78 is 5.04. The van der Waals surface area contributed by atoms with E-state index < -0.39 is 0 Å². The Hall–Kier alpha value is -1.08. The van der Waals surface area contributed by atoms with Crippen molar-refractivity contribution in [1.29, 1.82) is 0 Å². The second-order valence-corrected chi connectivity index (χ2v) is 4.14. The Morgan fingerprint density at radius 1 is 1.50 bits per heavy atom. The molecular formula is C8H12ClN5OS. The monoisotopic (exact) mass is 261 g/mol. The topological polar surface area (TPSA) is 85.8 Å². The molecule has 0 aromatic carbocycles. The summed E-state index contributed by atoms with van der Waals surface area (Å²) in [4.78, 5) is 8.21. The van der Waals surface area contributed by atoms with Gasteiger partial charge in [0.25, 0.3) is 0 Å². The summed E-state index contributed by atoms with van der Waals surface area (Å²) in [7, 11) is 1.47. The fourth-order valence-corrected chi connectivity index (χ4v) is 1.87. The lowest BCUT2D eigenvalue weighted by molar-refractivity contribution is 0.393. The molecule has 8 heteroatoms. The maximum Gasteiger partial charge on any atom is 0.247 e. The summed E-state index contributed by atoms with van der Waals surface area (Å²) in [5.74, 6) is 6.14. The van der Waals surface area contributed by atoms with Crippen LogP contribution in [0.1, 0.15) is 13.3 Å². The van der Waals surface area contributed by atoms with Crippen LogP contribution in [0.4, 0.5) is 5.69 Å². The van der Waals surface area contributed by atoms with Gasteiger partial charge in [0.2, 0.25) is 5.88 Å². The molecule has 0 aliphatic heterocycles. The molecule has 88 valence electrons. The van der Waals surface area contributed by atoms with Gasteiger partial charge in [0.05, 0.1) is 7.11 Å². The van der Waals surface area contributed by atoms with Gasteiger partial charge >= 0.3 is 0 Å². The Morgan fingerprint density at radius 3 is 2.81 bits per heavy atom. The molecule has 1 rings (SSSR count). The van der Waals surface area contributed by atoms with Crippen LogP contribution >= 0.6 is 23.4 Å². The van der Waals surface area contributed by atoms with Gasteiger partial charge in [-0.3, -0.25) is 0 Å². The number of thioether (sulfide) groups is 1. The predicted octanol–water partition coefficient (Wildman–Crippen LogP) is 2.60. The molecule has 6 nitrogen and oxygen atoms in total. The summed E-state index contributed by atoms with van der Waals surface area (Å²) in [6.45, 7) is 2.07. The Balaban J connectivity index is 3.05. The van der Waals surface area contributed by atoms with Crippen LogP contribution in [0.25, 0.3) is 0 Å². The molecule has 0 unspecified atom stereocenters. The van der Waals surface area contributed by atoms with E-state index in [0.717, 1.165) is 12.2 Å². The number of rotatable bonds is 5. The normalized spacial score (nSPS) is 10.9. The number of aromatic nitrogens is 2. The van der Waals surface area contributed by atoms with Crippen molar-refractivity contribution in [3.05, 3.63) is 5.15 Å². The molecule has 0 aliphatic carbocycles. The molecular weight excluding hydrogens is 250 g/mol. The molecule has 0 saturated heterocycles. The first-order valence-electron chi connectivity index (χ1n) is 4.58. The highest BCUT2D eigenvalue weighted by Gasteiger charge is 2.13. The van der Waals surface area contributed by atoms with Gasteiger partial charge in [-0.25, -0.2) is 4.98 Å². The summed E-state index contributed by atoms with van der Waals surface area (Å²) in [6, 6.07) is 0. The van der Waals surface area contributed by atoms with E-state index in [0.29, 0.717) is 5.16 Å². The SMILES string of the molecule is CCCSc1nc(Cl)c(N=NN)c(OC)n1. The second kappa shape index (κ2) is 6.49. The van der Waals surface area contributed by atoms with E-state index in [1.165, 1.54) is 18.9 Å². The smallest absolute Gasteiger partial charge is 0.247 e. The van der Waals surface area contributed by atoms with Gasteiger partial charge in [-0.1, -0.05) is 35.5 Å². The standard InChI is InChI=1S/C8H12ClN5OS/c1-3-4-16-8-11-6(9)5(13-14-10)7(12-8)15-2/h3-4H2,1-2H3,(H2,10,13). The highest BCUT2D eigenvalue weighted by atomic mass is 35.5. The maximum atomic E-state index is 5.92. The fourth-order valence-electron chi connectivity index (χ4n) is 0.932. The molecule has 0 amide bonds. The predicted molar refractivity (Wildman–Crippen MR) is 63.3 cm³/mol. The summed E-state index contributed by atoms with van der Waals surface area (Å²) >= 11 is 7.42. The maximum absolute atomic E-state index is 5.92. The van der Waals surface area contributed by atoms with E-state index in [1.807, 2.05) is 0 Å². The Bertz CT molecular complexity index is 387. The molecule has 0 bridgehead atoms. The van der Waals surface area contributed by atoms with E-state index in [4.69, 9.17) is 22.2 Å². The Labute approximate surface area is 103 Å². The van der Waals surface area contributed by atoms with Gasteiger partial charge in [0, 0.05) is 5.75 Å². The highest BCUT2D eigenvalue weighted by molar-refractivity contribution is 7.99. The zero-order chi connectivity index (χ0) is 12.0. The van der Waals surface area contributed by atoms with Crippen molar-refractivity contribution >= 4 is 29.1 Å². The lowest BCUT2D eigenvalue weighted by Crippen LogP contribution is -1.95. The first-order valence-corrected chi connectivity index (χ1v) is 5.94. The average molecular weight is 262 g/mol. The van der Waals surface area contributed by atoms with E-state index in [2.05, 4.69) is 27.2 Å². The van der Waals surface area contributed by atoms with Crippen molar-refractivity contribution in [2.45, 2.75) is 18.5 Å². The molecule has 1 aromatic heterocycles. The third-order valence-electron chi connectivity index (χ3n) is 1.58. The zero-order valence-electron chi connectivity index (χ0n) is 8.97. The molecule has 1 heterocycles. The van der Waals surface area contributed by atoms with Crippen molar-refractivity contribution in [2.75, 3.05) is 12.9 Å². The van der Waals surface area contributed by atoms with Gasteiger partial charge in [0.1, 0.15) is 0 Å². The molecule has 0 aliphatic rings. The first-order chi connectivity index (χ1) is 7.72. The summed E-state index contributed by atoms with van der Waals surface area (Å²) in [5, 5.41) is 7.49. The van der Waals surface area contributed by atoms with Crippen LogP contribution in [-0.4, -0.2) is 22.8 Å². The lowest BCUT2D eigenvalue weighted by Gasteiger charge is -2.05. The van der Waals surface area contributed by atoms with E-state index in [1.54, 1.807) is 0 Å². The zero-order valence-corrected chi connectivity index (χ0v) is 10.5. The largest absolute Gasteiger partial charge is 0.479 e. The molecule has 16 heavy (non-hydrogen) atoms. The van der Waals surface area contributed by atoms with Gasteiger partial charge in [-0.15, -0.1) is 5.11 Å². The van der Waals surface area contributed by atoms with Crippen molar-refractivity contribution < 1.29 is 4.74 Å². The second-order valence-electron chi connectivity index (χ2n) is 2.72. The van der Waals surface area contributed by atoms with Gasteiger partial charge in [0.15, 0.2) is 16.0 Å². The fraction of sp³-hybridized carbons (Fsp3) is 0.500. The molecule has 0 saturated carbocycles. The highest BCUT2D eigenvalue weighted by Crippen LogP contribution is 2.34. The minimum absolute atomic E-state index is 0.180. The molecule has 1 aromatic rings. The lowest BCUT2D eigenvalue weighted by atomic mass is 10.5. The van der Waals surface area contributed by atoms with Crippen molar-refractivity contribution in [1.82, 2.24) is 9.97 Å². The van der Waals surface area contributed by atoms with E-state index in [9.17, 15) is 0 Å². The van der Waals surface area contributed by atoms with Crippen molar-refractivity contribution in [3.63, 3.8) is 0 Å². The van der Waals surface area contributed by atoms with Crippen molar-refractivity contribution in [3.8, 4) is 5.88 Å². The van der Waals surface area contributed by atoms with Crippen LogP contribution in [0.5, 0.6) is 5.88 Å². The van der Waals surface area contributed by atoms with Crippen LogP contribution < -0.4 is 10.6 Å². The van der Waals surface area contributed by atoms with E-state index in [-0.39, 0.29) is 16.7 Å². The Kier molecular flexibility index (Phi) is 5.27. The number of methoxy groups -OCH3 is 1.